The van der Waals surface area contributed by atoms with Crippen LogP contribution in [0.2, 0.25) is 0 Å². The molecule has 0 aliphatic heterocycles. The summed E-state index contributed by atoms with van der Waals surface area (Å²) in [5.41, 5.74) is 2.73. The van der Waals surface area contributed by atoms with Crippen LogP contribution in [0.25, 0.3) is 0 Å². The Bertz CT molecular complexity index is 361. The number of hydrogen-bond donors (Lipinski definition) is 1. The summed E-state index contributed by atoms with van der Waals surface area (Å²) in [4.78, 5) is 6.87. The van der Waals surface area contributed by atoms with Crippen LogP contribution in [0.3, 0.4) is 0 Å². The van der Waals surface area contributed by atoms with Crippen molar-refractivity contribution in [3.05, 3.63) is 24.0 Å². The highest BCUT2D eigenvalue weighted by atomic mass is 15.2. The zero-order valence-corrected chi connectivity index (χ0v) is 11.7. The fraction of sp³-hybridized carbons (Fsp3) is 0.667. The third kappa shape index (κ3) is 3.45. The number of unbranched alkanes of at least 4 members (excludes halogenated alkanes) is 1. The summed E-state index contributed by atoms with van der Waals surface area (Å²) >= 11 is 0. The molecule has 18 heavy (non-hydrogen) atoms. The maximum Gasteiger partial charge on any atom is 0.0445 e. The highest BCUT2D eigenvalue weighted by Gasteiger charge is 2.29. The SMILES string of the molecule is CCCCN(c1ccncc1CNCC)C1CC1. The van der Waals surface area contributed by atoms with Crippen molar-refractivity contribution in [3.63, 3.8) is 0 Å². The van der Waals surface area contributed by atoms with Gasteiger partial charge in [-0.05, 0) is 31.9 Å². The van der Waals surface area contributed by atoms with Crippen LogP contribution < -0.4 is 10.2 Å². The second kappa shape index (κ2) is 6.74. The summed E-state index contributed by atoms with van der Waals surface area (Å²) in [6.45, 7) is 7.52. The minimum absolute atomic E-state index is 0.777. The molecule has 0 unspecified atom stereocenters. The van der Waals surface area contributed by atoms with Gasteiger partial charge in [-0.25, -0.2) is 0 Å². The lowest BCUT2D eigenvalue weighted by atomic mass is 10.2. The Morgan fingerprint density at radius 1 is 1.39 bits per heavy atom. The largest absolute Gasteiger partial charge is 0.368 e. The van der Waals surface area contributed by atoms with Crippen molar-refractivity contribution in [1.29, 1.82) is 0 Å². The zero-order chi connectivity index (χ0) is 12.8. The van der Waals surface area contributed by atoms with Gasteiger partial charge < -0.3 is 10.2 Å². The molecule has 0 saturated heterocycles. The normalized spacial score (nSPS) is 14.8. The molecule has 1 aliphatic carbocycles. The second-order valence-electron chi connectivity index (χ2n) is 5.06. The summed E-state index contributed by atoms with van der Waals surface area (Å²) in [7, 11) is 0. The molecule has 1 N–H and O–H groups in total. The van der Waals surface area contributed by atoms with E-state index in [0.29, 0.717) is 0 Å². The third-order valence-corrected chi connectivity index (χ3v) is 3.49. The van der Waals surface area contributed by atoms with Gasteiger partial charge in [-0.15, -0.1) is 0 Å². The Morgan fingerprint density at radius 3 is 2.89 bits per heavy atom. The average molecular weight is 247 g/mol. The van der Waals surface area contributed by atoms with E-state index >= 15 is 0 Å². The van der Waals surface area contributed by atoms with Crippen molar-refractivity contribution in [2.75, 3.05) is 18.0 Å². The van der Waals surface area contributed by atoms with Crippen LogP contribution in [0.1, 0.15) is 45.1 Å². The first-order valence-electron chi connectivity index (χ1n) is 7.27. The maximum atomic E-state index is 4.27. The van der Waals surface area contributed by atoms with Gasteiger partial charge in [0.1, 0.15) is 0 Å². The van der Waals surface area contributed by atoms with Crippen LogP contribution in [0, 0.1) is 0 Å². The van der Waals surface area contributed by atoms with E-state index in [1.165, 1.54) is 43.5 Å². The molecule has 0 radical (unpaired) electrons. The molecular weight excluding hydrogens is 222 g/mol. The molecule has 1 heterocycles. The van der Waals surface area contributed by atoms with Gasteiger partial charge in [0.05, 0.1) is 0 Å². The Morgan fingerprint density at radius 2 is 2.22 bits per heavy atom. The minimum Gasteiger partial charge on any atom is -0.368 e. The van der Waals surface area contributed by atoms with Gasteiger partial charge in [0.25, 0.3) is 0 Å². The van der Waals surface area contributed by atoms with E-state index in [0.717, 1.165) is 19.1 Å². The van der Waals surface area contributed by atoms with Crippen molar-refractivity contribution >= 4 is 5.69 Å². The van der Waals surface area contributed by atoms with E-state index in [4.69, 9.17) is 0 Å². The van der Waals surface area contributed by atoms with Crippen LogP contribution >= 0.6 is 0 Å². The van der Waals surface area contributed by atoms with Crippen LogP contribution in [0.5, 0.6) is 0 Å². The summed E-state index contributed by atoms with van der Waals surface area (Å²) in [5, 5.41) is 3.41. The van der Waals surface area contributed by atoms with Gasteiger partial charge in [-0.2, -0.15) is 0 Å². The topological polar surface area (TPSA) is 28.2 Å². The number of nitrogens with zero attached hydrogens (tertiary/aromatic N) is 2. The van der Waals surface area contributed by atoms with E-state index in [1.807, 2.05) is 12.4 Å². The molecule has 100 valence electrons. The fourth-order valence-electron chi connectivity index (χ4n) is 2.31. The lowest BCUT2D eigenvalue weighted by Gasteiger charge is -2.27. The monoisotopic (exact) mass is 247 g/mol. The van der Waals surface area contributed by atoms with E-state index in [9.17, 15) is 0 Å². The number of aromatic nitrogens is 1. The number of pyridine rings is 1. The predicted molar refractivity (Wildman–Crippen MR) is 76.9 cm³/mol. The zero-order valence-electron chi connectivity index (χ0n) is 11.7. The molecule has 0 aromatic carbocycles. The van der Waals surface area contributed by atoms with Crippen molar-refractivity contribution in [2.45, 2.75) is 52.1 Å². The van der Waals surface area contributed by atoms with Gasteiger partial charge in [0.2, 0.25) is 0 Å². The number of rotatable bonds is 8. The Kier molecular flexibility index (Phi) is 5.00. The smallest absolute Gasteiger partial charge is 0.0445 e. The average Bonchev–Trinajstić information content (AvgIpc) is 3.22. The molecule has 0 amide bonds. The molecule has 3 nitrogen and oxygen atoms in total. The first-order valence-corrected chi connectivity index (χ1v) is 7.27. The number of nitrogens with one attached hydrogen (secondary N) is 1. The molecular formula is C15H25N3. The minimum atomic E-state index is 0.777. The van der Waals surface area contributed by atoms with Crippen molar-refractivity contribution in [3.8, 4) is 0 Å². The summed E-state index contributed by atoms with van der Waals surface area (Å²) in [6.07, 6.45) is 9.18. The Labute approximate surface area is 111 Å². The van der Waals surface area contributed by atoms with Crippen LogP contribution in [0.4, 0.5) is 5.69 Å². The van der Waals surface area contributed by atoms with E-state index in [-0.39, 0.29) is 0 Å². The van der Waals surface area contributed by atoms with Crippen molar-refractivity contribution < 1.29 is 0 Å². The van der Waals surface area contributed by atoms with Crippen LogP contribution in [-0.2, 0) is 6.54 Å². The number of hydrogen-bond acceptors (Lipinski definition) is 3. The molecule has 2 rings (SSSR count). The van der Waals surface area contributed by atoms with E-state index < -0.39 is 0 Å². The van der Waals surface area contributed by atoms with Crippen LogP contribution in [0.15, 0.2) is 18.5 Å². The molecule has 1 saturated carbocycles. The molecule has 1 aromatic heterocycles. The summed E-state index contributed by atoms with van der Waals surface area (Å²) in [5.74, 6) is 0. The lowest BCUT2D eigenvalue weighted by molar-refractivity contribution is 0.691. The van der Waals surface area contributed by atoms with Gasteiger partial charge in [0, 0.05) is 42.8 Å². The van der Waals surface area contributed by atoms with E-state index in [2.05, 4.69) is 35.1 Å². The van der Waals surface area contributed by atoms with Gasteiger partial charge in [-0.1, -0.05) is 20.3 Å². The molecule has 3 heteroatoms. The number of anilines is 1. The molecule has 1 fully saturated rings. The maximum absolute atomic E-state index is 4.27. The van der Waals surface area contributed by atoms with Crippen molar-refractivity contribution in [2.24, 2.45) is 0 Å². The highest BCUT2D eigenvalue weighted by Crippen LogP contribution is 2.33. The Balaban J connectivity index is 2.12. The third-order valence-electron chi connectivity index (χ3n) is 3.49. The molecule has 0 spiro atoms. The molecule has 1 aliphatic rings. The summed E-state index contributed by atoms with van der Waals surface area (Å²) in [6, 6.07) is 2.96. The molecule has 1 aromatic rings. The Hall–Kier alpha value is -1.09. The van der Waals surface area contributed by atoms with Crippen molar-refractivity contribution in [1.82, 2.24) is 10.3 Å². The first kappa shape index (κ1) is 13.3. The van der Waals surface area contributed by atoms with Crippen LogP contribution in [-0.4, -0.2) is 24.1 Å². The lowest BCUT2D eigenvalue weighted by Crippen LogP contribution is -2.28. The van der Waals surface area contributed by atoms with E-state index in [1.54, 1.807) is 0 Å². The molecule has 0 atom stereocenters. The van der Waals surface area contributed by atoms with Gasteiger partial charge in [0.15, 0.2) is 0 Å². The first-order chi connectivity index (χ1) is 8.86. The summed E-state index contributed by atoms with van der Waals surface area (Å²) < 4.78 is 0. The fourth-order valence-corrected chi connectivity index (χ4v) is 2.31. The van der Waals surface area contributed by atoms with Gasteiger partial charge >= 0.3 is 0 Å². The standard InChI is InChI=1S/C15H25N3/c1-3-5-10-18(14-6-7-14)15-8-9-17-12-13(15)11-16-4-2/h8-9,12,14,16H,3-7,10-11H2,1-2H3. The predicted octanol–water partition coefficient (Wildman–Crippen LogP) is 2.96. The molecule has 0 bridgehead atoms. The second-order valence-corrected chi connectivity index (χ2v) is 5.06. The quantitative estimate of drug-likeness (QED) is 0.765. The highest BCUT2D eigenvalue weighted by molar-refractivity contribution is 5.54. The van der Waals surface area contributed by atoms with Gasteiger partial charge in [-0.3, -0.25) is 4.98 Å².